The lowest BCUT2D eigenvalue weighted by molar-refractivity contribution is 0.0508. The first-order valence-corrected chi connectivity index (χ1v) is 6.76. The van der Waals surface area contributed by atoms with Gasteiger partial charge in [-0.05, 0) is 48.4 Å². The van der Waals surface area contributed by atoms with Gasteiger partial charge in [0.25, 0.3) is 0 Å². The van der Waals surface area contributed by atoms with Crippen LogP contribution in [0.1, 0.15) is 21.5 Å². The average Bonchev–Trinajstić information content (AvgIpc) is 2.47. The first kappa shape index (κ1) is 14.9. The van der Waals surface area contributed by atoms with E-state index in [0.29, 0.717) is 24.3 Å². The first-order chi connectivity index (χ1) is 10.1. The fraction of sp³-hybridized carbons (Fsp3) is 0.235. The van der Waals surface area contributed by atoms with Gasteiger partial charge in [0.1, 0.15) is 5.75 Å². The van der Waals surface area contributed by atoms with Gasteiger partial charge in [0.15, 0.2) is 0 Å². The van der Waals surface area contributed by atoms with Crippen LogP contribution in [0.4, 0.5) is 5.69 Å². The number of anilines is 1. The minimum atomic E-state index is -0.319. The van der Waals surface area contributed by atoms with Crippen molar-refractivity contribution in [2.24, 2.45) is 0 Å². The number of methoxy groups -OCH3 is 1. The minimum Gasteiger partial charge on any atom is -0.497 e. The Hall–Kier alpha value is -2.49. The van der Waals surface area contributed by atoms with E-state index in [9.17, 15) is 4.79 Å². The SMILES string of the molecule is COc1ccc(CCOC(=O)c2ccc(N)cc2C)cc1. The maximum Gasteiger partial charge on any atom is 0.338 e. The molecule has 2 rings (SSSR count). The summed E-state index contributed by atoms with van der Waals surface area (Å²) in [6.45, 7) is 2.19. The number of hydrogen-bond donors (Lipinski definition) is 1. The van der Waals surface area contributed by atoms with Crippen molar-refractivity contribution >= 4 is 11.7 Å². The molecule has 21 heavy (non-hydrogen) atoms. The highest BCUT2D eigenvalue weighted by molar-refractivity contribution is 5.91. The highest BCUT2D eigenvalue weighted by atomic mass is 16.5. The van der Waals surface area contributed by atoms with Gasteiger partial charge in [0.05, 0.1) is 19.3 Å². The molecule has 0 atom stereocenters. The van der Waals surface area contributed by atoms with Crippen LogP contribution in [-0.2, 0) is 11.2 Å². The molecule has 4 nitrogen and oxygen atoms in total. The molecule has 2 aromatic carbocycles. The lowest BCUT2D eigenvalue weighted by Gasteiger charge is -2.08. The molecule has 0 amide bonds. The van der Waals surface area contributed by atoms with E-state index < -0.39 is 0 Å². The quantitative estimate of drug-likeness (QED) is 0.677. The number of benzene rings is 2. The van der Waals surface area contributed by atoms with Crippen molar-refractivity contribution in [3.05, 3.63) is 59.2 Å². The van der Waals surface area contributed by atoms with Gasteiger partial charge in [-0.3, -0.25) is 0 Å². The zero-order valence-corrected chi connectivity index (χ0v) is 12.3. The maximum atomic E-state index is 12.0. The second-order valence-electron chi connectivity index (χ2n) is 4.81. The van der Waals surface area contributed by atoms with Crippen LogP contribution in [0.25, 0.3) is 0 Å². The Morgan fingerprint density at radius 3 is 2.48 bits per heavy atom. The maximum absolute atomic E-state index is 12.0. The summed E-state index contributed by atoms with van der Waals surface area (Å²) >= 11 is 0. The van der Waals surface area contributed by atoms with Crippen LogP contribution < -0.4 is 10.5 Å². The van der Waals surface area contributed by atoms with Gasteiger partial charge >= 0.3 is 5.97 Å². The average molecular weight is 285 g/mol. The van der Waals surface area contributed by atoms with E-state index in [1.54, 1.807) is 25.3 Å². The Kier molecular flexibility index (Phi) is 4.82. The molecule has 4 heteroatoms. The largest absolute Gasteiger partial charge is 0.497 e. The van der Waals surface area contributed by atoms with E-state index in [4.69, 9.17) is 15.2 Å². The monoisotopic (exact) mass is 285 g/mol. The van der Waals surface area contributed by atoms with Crippen molar-refractivity contribution in [1.82, 2.24) is 0 Å². The van der Waals surface area contributed by atoms with Crippen molar-refractivity contribution in [3.63, 3.8) is 0 Å². The van der Waals surface area contributed by atoms with Crippen LogP contribution in [0.2, 0.25) is 0 Å². The molecule has 2 N–H and O–H groups in total. The van der Waals surface area contributed by atoms with Gasteiger partial charge in [-0.25, -0.2) is 4.79 Å². The van der Waals surface area contributed by atoms with Crippen molar-refractivity contribution in [2.75, 3.05) is 19.5 Å². The summed E-state index contributed by atoms with van der Waals surface area (Å²) < 4.78 is 10.4. The number of hydrogen-bond acceptors (Lipinski definition) is 4. The third-order valence-electron chi connectivity index (χ3n) is 3.25. The summed E-state index contributed by atoms with van der Waals surface area (Å²) in [5.41, 5.74) is 8.78. The Bertz CT molecular complexity index is 620. The molecule has 0 heterocycles. The normalized spacial score (nSPS) is 10.2. The Morgan fingerprint density at radius 1 is 1.14 bits per heavy atom. The molecule has 110 valence electrons. The second kappa shape index (κ2) is 6.79. The molecule has 0 radical (unpaired) electrons. The summed E-state index contributed by atoms with van der Waals surface area (Å²) in [6.07, 6.45) is 0.670. The Labute approximate surface area is 124 Å². The molecule has 0 unspecified atom stereocenters. The molecule has 0 aliphatic rings. The third-order valence-corrected chi connectivity index (χ3v) is 3.25. The summed E-state index contributed by atoms with van der Waals surface area (Å²) in [4.78, 5) is 12.0. The molecular formula is C17H19NO3. The molecule has 0 saturated heterocycles. The summed E-state index contributed by atoms with van der Waals surface area (Å²) in [7, 11) is 1.63. The van der Waals surface area contributed by atoms with E-state index in [1.807, 2.05) is 31.2 Å². The number of aryl methyl sites for hydroxylation is 1. The number of ether oxygens (including phenoxy) is 2. The molecule has 0 spiro atoms. The Morgan fingerprint density at radius 2 is 1.86 bits per heavy atom. The topological polar surface area (TPSA) is 61.5 Å². The van der Waals surface area contributed by atoms with Crippen molar-refractivity contribution in [2.45, 2.75) is 13.3 Å². The van der Waals surface area contributed by atoms with Crippen LogP contribution in [0.3, 0.4) is 0 Å². The number of nitrogen functional groups attached to an aromatic ring is 1. The van der Waals surface area contributed by atoms with Crippen molar-refractivity contribution in [3.8, 4) is 5.75 Å². The van der Waals surface area contributed by atoms with E-state index in [-0.39, 0.29) is 5.97 Å². The molecular weight excluding hydrogens is 266 g/mol. The zero-order valence-electron chi connectivity index (χ0n) is 12.3. The summed E-state index contributed by atoms with van der Waals surface area (Å²) in [5, 5.41) is 0. The van der Waals surface area contributed by atoms with Crippen LogP contribution in [0, 0.1) is 6.92 Å². The van der Waals surface area contributed by atoms with Crippen molar-refractivity contribution < 1.29 is 14.3 Å². The van der Waals surface area contributed by atoms with Crippen LogP contribution in [0.15, 0.2) is 42.5 Å². The number of carbonyl (C=O) groups excluding carboxylic acids is 1. The van der Waals surface area contributed by atoms with Crippen LogP contribution in [-0.4, -0.2) is 19.7 Å². The van der Waals surface area contributed by atoms with Crippen LogP contribution >= 0.6 is 0 Å². The molecule has 0 saturated carbocycles. The first-order valence-electron chi connectivity index (χ1n) is 6.76. The molecule has 0 fully saturated rings. The highest BCUT2D eigenvalue weighted by Crippen LogP contribution is 2.14. The third kappa shape index (κ3) is 3.99. The van der Waals surface area contributed by atoms with Crippen LogP contribution in [0.5, 0.6) is 5.75 Å². The van der Waals surface area contributed by atoms with E-state index in [1.165, 1.54) is 0 Å². The summed E-state index contributed by atoms with van der Waals surface area (Å²) in [5.74, 6) is 0.495. The van der Waals surface area contributed by atoms with Crippen molar-refractivity contribution in [1.29, 1.82) is 0 Å². The molecule has 0 bridgehead atoms. The zero-order chi connectivity index (χ0) is 15.2. The predicted octanol–water partition coefficient (Wildman–Crippen LogP) is 2.99. The number of nitrogens with two attached hydrogens (primary N) is 1. The summed E-state index contributed by atoms with van der Waals surface area (Å²) in [6, 6.07) is 12.9. The van der Waals surface area contributed by atoms with E-state index >= 15 is 0 Å². The Balaban J connectivity index is 1.88. The fourth-order valence-electron chi connectivity index (χ4n) is 2.05. The fourth-order valence-corrected chi connectivity index (χ4v) is 2.05. The molecule has 2 aromatic rings. The molecule has 0 aromatic heterocycles. The minimum absolute atomic E-state index is 0.319. The molecule has 0 aliphatic carbocycles. The van der Waals surface area contributed by atoms with E-state index in [2.05, 4.69) is 0 Å². The van der Waals surface area contributed by atoms with Gasteiger partial charge in [-0.2, -0.15) is 0 Å². The van der Waals surface area contributed by atoms with Gasteiger partial charge in [-0.15, -0.1) is 0 Å². The molecule has 0 aliphatic heterocycles. The lowest BCUT2D eigenvalue weighted by atomic mass is 10.1. The van der Waals surface area contributed by atoms with Gasteiger partial charge in [0, 0.05) is 12.1 Å². The highest BCUT2D eigenvalue weighted by Gasteiger charge is 2.10. The number of carbonyl (C=O) groups is 1. The van der Waals surface area contributed by atoms with E-state index in [0.717, 1.165) is 16.9 Å². The van der Waals surface area contributed by atoms with Gasteiger partial charge in [-0.1, -0.05) is 12.1 Å². The van der Waals surface area contributed by atoms with Gasteiger partial charge < -0.3 is 15.2 Å². The second-order valence-corrected chi connectivity index (χ2v) is 4.81. The standard InChI is InChI=1S/C17H19NO3/c1-12-11-14(18)5-8-16(12)17(19)21-10-9-13-3-6-15(20-2)7-4-13/h3-8,11H,9-10,18H2,1-2H3. The predicted molar refractivity (Wildman–Crippen MR) is 82.6 cm³/mol. The van der Waals surface area contributed by atoms with Gasteiger partial charge in [0.2, 0.25) is 0 Å². The smallest absolute Gasteiger partial charge is 0.338 e. The lowest BCUT2D eigenvalue weighted by Crippen LogP contribution is -2.10. The number of esters is 1. The number of rotatable bonds is 5.